The Morgan fingerprint density at radius 3 is 0.684 bits per heavy atom. The van der Waals surface area contributed by atoms with E-state index in [2.05, 4.69) is 19.1 Å². The van der Waals surface area contributed by atoms with E-state index in [0.717, 1.165) is 0 Å². The smallest absolute Gasteiger partial charge is 0.418 e. The Kier molecular flexibility index (Phi) is 43.7. The number of halogens is 8. The molecule has 344 valence electrons. The summed E-state index contributed by atoms with van der Waals surface area (Å²) in [6, 6.07) is 10.3. The number of benzene rings is 1. The summed E-state index contributed by atoms with van der Waals surface area (Å²) in [5, 5.41) is 0. The molecule has 0 nitrogen and oxygen atoms in total. The minimum absolute atomic E-state index is 0. The van der Waals surface area contributed by atoms with E-state index >= 15 is 0 Å². The molecule has 4 aliphatic rings. The third kappa shape index (κ3) is 47.3. The van der Waals surface area contributed by atoms with Gasteiger partial charge in [-0.3, -0.25) is 0 Å². The molecule has 57 heavy (non-hydrogen) atoms. The molecular formula is C41H76Ag2B2F8P4. The number of unbranched alkanes of at least 4 members (excludes halogenated alkanes) is 12. The van der Waals surface area contributed by atoms with Gasteiger partial charge in [0.25, 0.3) is 0 Å². The molecule has 4 saturated heterocycles. The Morgan fingerprint density at radius 1 is 0.351 bits per heavy atom. The molecule has 0 aliphatic carbocycles. The Labute approximate surface area is 381 Å². The molecule has 0 spiro atoms. The van der Waals surface area contributed by atoms with Crippen LogP contribution in [0.25, 0.3) is 0 Å². The van der Waals surface area contributed by atoms with Crippen molar-refractivity contribution in [1.29, 1.82) is 0 Å². The average molecular weight is 1080 g/mol. The van der Waals surface area contributed by atoms with E-state index in [4.69, 9.17) is 0 Å². The average Bonchev–Trinajstić information content (AvgIpc) is 3.96. The van der Waals surface area contributed by atoms with Crippen LogP contribution in [0.4, 0.5) is 34.5 Å². The van der Waals surface area contributed by atoms with Crippen LogP contribution in [-0.2, 0) is 44.8 Å². The molecule has 16 heteroatoms. The first-order valence-electron chi connectivity index (χ1n) is 22.0. The molecule has 0 bridgehead atoms. The van der Waals surface area contributed by atoms with Crippen molar-refractivity contribution < 1.29 is 79.3 Å². The number of hydrogen-bond donors (Lipinski definition) is 0. The summed E-state index contributed by atoms with van der Waals surface area (Å²) in [6.07, 6.45) is 53.2. The third-order valence-electron chi connectivity index (χ3n) is 10.6. The molecule has 0 radical (unpaired) electrons. The van der Waals surface area contributed by atoms with Crippen LogP contribution in [0.2, 0.25) is 0 Å². The Balaban J connectivity index is 0. The molecule has 4 fully saturated rings. The van der Waals surface area contributed by atoms with Crippen LogP contribution in [0, 0.1) is 6.92 Å². The minimum atomic E-state index is -6.00. The summed E-state index contributed by atoms with van der Waals surface area (Å²) in [4.78, 5) is 0. The van der Waals surface area contributed by atoms with Crippen molar-refractivity contribution in [3.05, 3.63) is 35.9 Å². The fourth-order valence-electron chi connectivity index (χ4n) is 7.67. The van der Waals surface area contributed by atoms with E-state index in [9.17, 15) is 34.5 Å². The van der Waals surface area contributed by atoms with Crippen LogP contribution in [0.5, 0.6) is 0 Å². The zero-order valence-electron chi connectivity index (χ0n) is 35.0. The molecule has 0 atom stereocenters. The molecule has 0 saturated carbocycles. The van der Waals surface area contributed by atoms with E-state index < -0.39 is 14.5 Å². The molecule has 0 aromatic heterocycles. The van der Waals surface area contributed by atoms with E-state index in [1.165, 1.54) is 69.8 Å². The van der Waals surface area contributed by atoms with Crippen molar-refractivity contribution in [2.24, 2.45) is 0 Å². The standard InChI is InChI=1S/2C17H34P2.C7H8.2Ag.2BF4/c2*1(2-4-6-12-18-14-8-9-15-18)3-5-7-13-19-16-10-11-17-19;1-7-5-3-2-4-6-7;;;2*2-1(3,4)5/h2*1-17H2;2-6H,1H3;;;;/q;;;2*+1;2*-1. The second-order valence-electron chi connectivity index (χ2n) is 15.8. The first-order valence-corrected chi connectivity index (χ1v) is 29.5. The van der Waals surface area contributed by atoms with E-state index in [-0.39, 0.29) is 44.8 Å². The normalized spacial score (nSPS) is 17.5. The minimum Gasteiger partial charge on any atom is -0.418 e. The predicted molar refractivity (Wildman–Crippen MR) is 239 cm³/mol. The van der Waals surface area contributed by atoms with Gasteiger partial charge in [0.2, 0.25) is 0 Å². The number of rotatable bonds is 20. The zero-order valence-corrected chi connectivity index (χ0v) is 41.5. The monoisotopic (exact) mass is 1080 g/mol. The molecule has 0 amide bonds. The van der Waals surface area contributed by atoms with Gasteiger partial charge in [-0.15, -0.1) is 31.7 Å². The fraction of sp³-hybridized carbons (Fsp3) is 0.854. The topological polar surface area (TPSA) is 0 Å². The van der Waals surface area contributed by atoms with Gasteiger partial charge in [0.15, 0.2) is 0 Å². The maximum Gasteiger partial charge on any atom is 1.00 e. The fourth-order valence-corrected chi connectivity index (χ4v) is 18.4. The van der Waals surface area contributed by atoms with E-state index in [1.54, 1.807) is 151 Å². The van der Waals surface area contributed by atoms with Crippen LogP contribution >= 0.6 is 31.7 Å². The van der Waals surface area contributed by atoms with E-state index in [0.29, 0.717) is 31.7 Å². The Hall–Kier alpha value is 1.99. The van der Waals surface area contributed by atoms with Crippen LogP contribution < -0.4 is 0 Å². The summed E-state index contributed by atoms with van der Waals surface area (Å²) in [5.74, 6) is 0. The number of hydrogen-bond acceptors (Lipinski definition) is 0. The predicted octanol–water partition coefficient (Wildman–Crippen LogP) is 17.1. The molecule has 5 rings (SSSR count). The molecule has 1 aromatic carbocycles. The molecule has 0 unspecified atom stereocenters. The van der Waals surface area contributed by atoms with Crippen LogP contribution in [0.3, 0.4) is 0 Å². The first kappa shape index (κ1) is 61.1. The second-order valence-corrected chi connectivity index (χ2v) is 26.5. The van der Waals surface area contributed by atoms with Crippen LogP contribution in [-0.4, -0.2) is 88.5 Å². The maximum atomic E-state index is 9.75. The molecule has 4 aliphatic heterocycles. The molecule has 1 aromatic rings. The zero-order chi connectivity index (χ0) is 40.5. The van der Waals surface area contributed by atoms with Gasteiger partial charge in [0, 0.05) is 0 Å². The van der Waals surface area contributed by atoms with Gasteiger partial charge in [-0.2, -0.15) is 0 Å². The van der Waals surface area contributed by atoms with Gasteiger partial charge in [-0.1, -0.05) is 100 Å². The van der Waals surface area contributed by atoms with Crippen molar-refractivity contribution in [3.8, 4) is 0 Å². The Morgan fingerprint density at radius 2 is 0.526 bits per heavy atom. The van der Waals surface area contributed by atoms with Gasteiger partial charge >= 0.3 is 59.3 Å². The quantitative estimate of drug-likeness (QED) is 0.0528. The third-order valence-corrected chi connectivity index (χ3v) is 22.0. The van der Waals surface area contributed by atoms with Gasteiger partial charge < -0.3 is 34.5 Å². The van der Waals surface area contributed by atoms with Crippen molar-refractivity contribution in [1.82, 2.24) is 0 Å². The van der Waals surface area contributed by atoms with Crippen molar-refractivity contribution >= 4 is 46.2 Å². The molecule has 0 N–H and O–H groups in total. The summed E-state index contributed by atoms with van der Waals surface area (Å²) >= 11 is 0. The summed E-state index contributed by atoms with van der Waals surface area (Å²) < 4.78 is 78.0. The largest absolute Gasteiger partial charge is 1.00 e. The van der Waals surface area contributed by atoms with Crippen LogP contribution in [0.15, 0.2) is 30.3 Å². The van der Waals surface area contributed by atoms with E-state index in [1.807, 2.05) is 18.2 Å². The van der Waals surface area contributed by atoms with Gasteiger partial charge in [-0.05, 0) is 158 Å². The summed E-state index contributed by atoms with van der Waals surface area (Å²) in [5.41, 5.74) is 1.32. The van der Waals surface area contributed by atoms with Gasteiger partial charge in [0.1, 0.15) is 0 Å². The SMILES string of the molecule is C(CCCCP1CCCC1)CCCCP1CCCC1.C(CCCCP1CCCC1)CCCCP1CCCC1.Cc1ccccc1.F[B-](F)(F)F.F[B-](F)(F)F.[Ag+].[Ag+]. The summed E-state index contributed by atoms with van der Waals surface area (Å²) in [6.45, 7) is 2.08. The van der Waals surface area contributed by atoms with Crippen molar-refractivity contribution in [3.63, 3.8) is 0 Å². The second kappa shape index (κ2) is 40.7. The van der Waals surface area contributed by atoms with Crippen molar-refractivity contribution in [2.75, 3.05) is 73.9 Å². The van der Waals surface area contributed by atoms with Gasteiger partial charge in [-0.25, -0.2) is 0 Å². The molecule has 4 heterocycles. The first-order chi connectivity index (χ1) is 26.3. The summed E-state index contributed by atoms with van der Waals surface area (Å²) in [7, 11) is -9.91. The molecular weight excluding hydrogens is 1010 g/mol. The number of aryl methyl sites for hydroxylation is 1. The maximum absolute atomic E-state index is 9.75. The Bertz CT molecular complexity index is 852. The van der Waals surface area contributed by atoms with Gasteiger partial charge in [0.05, 0.1) is 0 Å². The van der Waals surface area contributed by atoms with Crippen LogP contribution in [0.1, 0.15) is 147 Å². The van der Waals surface area contributed by atoms with Crippen molar-refractivity contribution in [2.45, 2.75) is 148 Å².